The summed E-state index contributed by atoms with van der Waals surface area (Å²) in [7, 11) is 0. The highest BCUT2D eigenvalue weighted by Gasteiger charge is 2.56. The summed E-state index contributed by atoms with van der Waals surface area (Å²) in [6.07, 6.45) is 0. The zero-order valence-electron chi connectivity index (χ0n) is 23.0. The molecule has 0 radical (unpaired) electrons. The zero-order valence-corrected chi connectivity index (χ0v) is 27.8. The smallest absolute Gasteiger partial charge is 0.338 e. The minimum atomic E-state index is -0.786. The van der Waals surface area contributed by atoms with E-state index in [2.05, 4.69) is 37.2 Å². The normalized spacial score (nSPS) is 19.0. The number of fused-ring (bicyclic) bond motifs is 2. The number of nitrogens with one attached hydrogen (secondary N) is 1. The average molecular weight is 757 g/mol. The minimum Gasteiger partial charge on any atom is -0.462 e. The molecule has 0 bridgehead atoms. The van der Waals surface area contributed by atoms with E-state index in [4.69, 9.17) is 4.74 Å². The number of anilines is 2. The summed E-state index contributed by atoms with van der Waals surface area (Å²) < 4.78 is 8.04. The molecule has 1 N–H and O–H groups in total. The van der Waals surface area contributed by atoms with Gasteiger partial charge >= 0.3 is 10.8 Å². The first-order chi connectivity index (χ1) is 21.2. The molecular formula is C31H23Br2N3O6S2. The van der Waals surface area contributed by atoms with Gasteiger partial charge in [-0.05, 0) is 73.2 Å². The molecule has 2 aliphatic heterocycles. The third kappa shape index (κ3) is 5.69. The number of nitrogens with zero attached hydrogens (tertiary/aromatic N) is 2. The molecule has 44 heavy (non-hydrogen) atoms. The molecule has 9 nitrogen and oxygen atoms in total. The van der Waals surface area contributed by atoms with Gasteiger partial charge in [-0.3, -0.25) is 23.7 Å². The van der Waals surface area contributed by atoms with Crippen LogP contribution < -0.4 is 15.1 Å². The van der Waals surface area contributed by atoms with E-state index in [-0.39, 0.29) is 29.8 Å². The SMILES string of the molecule is CCOC(=O)c1ccc(NC(=O)Cn2c3c(sc2=O)[C@@H](c2ccc(Br)cc2)[C@@H]2C(=O)N(c4ccc(Br)cc4)C(=O)[C@@H]2S3)cc1. The molecule has 1 fully saturated rings. The standard InChI is InChI=1S/C31H23Br2N3O6S2/c1-2-42-30(40)17-5-11-20(12-6-17)34-22(37)15-35-29-26(44-31(35)41)23(16-3-7-18(32)8-4-16)24-25(43-29)28(39)36(27(24)38)21-13-9-19(33)10-14-21/h3-14,23-25H,2,15H2,1H3,(H,34,37)/t23-,24-,25+/m0/s1. The molecule has 0 spiro atoms. The van der Waals surface area contributed by atoms with E-state index < -0.39 is 29.0 Å². The number of rotatable bonds is 7. The summed E-state index contributed by atoms with van der Waals surface area (Å²) in [5, 5.41) is 2.48. The molecule has 6 rings (SSSR count). The van der Waals surface area contributed by atoms with Crippen LogP contribution in [-0.4, -0.2) is 40.1 Å². The van der Waals surface area contributed by atoms with E-state index in [1.807, 2.05) is 24.3 Å². The summed E-state index contributed by atoms with van der Waals surface area (Å²) >= 11 is 9.00. The van der Waals surface area contributed by atoms with Crippen LogP contribution in [0.2, 0.25) is 0 Å². The third-order valence-electron chi connectivity index (χ3n) is 7.34. The lowest BCUT2D eigenvalue weighted by Gasteiger charge is -2.30. The maximum Gasteiger partial charge on any atom is 0.338 e. The highest BCUT2D eigenvalue weighted by atomic mass is 79.9. The molecule has 1 saturated heterocycles. The Hall–Kier alpha value is -3.52. The fraction of sp³-hybridized carbons (Fsp3) is 0.194. The first-order valence-corrected chi connectivity index (χ1v) is 16.8. The molecule has 13 heteroatoms. The first kappa shape index (κ1) is 30.5. The van der Waals surface area contributed by atoms with Gasteiger partial charge in [0, 0.05) is 25.4 Å². The Morgan fingerprint density at radius 3 is 2.16 bits per heavy atom. The van der Waals surface area contributed by atoms with Gasteiger partial charge in [0.15, 0.2) is 0 Å². The quantitative estimate of drug-likeness (QED) is 0.181. The largest absolute Gasteiger partial charge is 0.462 e. The molecule has 0 saturated carbocycles. The van der Waals surface area contributed by atoms with Gasteiger partial charge in [0.1, 0.15) is 11.8 Å². The number of thiazole rings is 1. The van der Waals surface area contributed by atoms with Crippen LogP contribution in [0.15, 0.2) is 91.6 Å². The maximum absolute atomic E-state index is 14.0. The predicted octanol–water partition coefficient (Wildman–Crippen LogP) is 6.05. The lowest BCUT2D eigenvalue weighted by atomic mass is 9.83. The summed E-state index contributed by atoms with van der Waals surface area (Å²) in [5.74, 6) is -2.90. The summed E-state index contributed by atoms with van der Waals surface area (Å²) in [5.41, 5.74) is 2.07. The van der Waals surface area contributed by atoms with Gasteiger partial charge in [0.25, 0.3) is 0 Å². The second-order valence-electron chi connectivity index (χ2n) is 10.1. The van der Waals surface area contributed by atoms with Crippen LogP contribution >= 0.6 is 55.0 Å². The van der Waals surface area contributed by atoms with Crippen molar-refractivity contribution < 1.29 is 23.9 Å². The Labute approximate surface area is 276 Å². The van der Waals surface area contributed by atoms with Crippen molar-refractivity contribution in [2.24, 2.45) is 5.92 Å². The van der Waals surface area contributed by atoms with Gasteiger partial charge in [-0.25, -0.2) is 9.69 Å². The Morgan fingerprint density at radius 1 is 0.886 bits per heavy atom. The fourth-order valence-electron chi connectivity index (χ4n) is 5.38. The number of carbonyl (C=O) groups excluding carboxylic acids is 4. The van der Waals surface area contributed by atoms with Gasteiger partial charge in [0.05, 0.1) is 28.8 Å². The fourth-order valence-corrected chi connectivity index (χ4v) is 8.68. The molecule has 2 aliphatic rings. The number of esters is 1. The molecular weight excluding hydrogens is 734 g/mol. The van der Waals surface area contributed by atoms with E-state index in [0.29, 0.717) is 26.8 Å². The van der Waals surface area contributed by atoms with Crippen LogP contribution in [0, 0.1) is 5.92 Å². The Bertz CT molecular complexity index is 1840. The van der Waals surface area contributed by atoms with Crippen molar-refractivity contribution in [3.63, 3.8) is 0 Å². The van der Waals surface area contributed by atoms with Crippen molar-refractivity contribution in [2.45, 2.75) is 29.7 Å². The van der Waals surface area contributed by atoms with E-state index >= 15 is 0 Å². The number of carbonyl (C=O) groups is 4. The maximum atomic E-state index is 14.0. The van der Waals surface area contributed by atoms with Gasteiger partial charge in [-0.2, -0.15) is 0 Å². The number of ether oxygens (including phenoxy) is 1. The van der Waals surface area contributed by atoms with E-state index in [1.54, 1.807) is 55.5 Å². The predicted molar refractivity (Wildman–Crippen MR) is 175 cm³/mol. The van der Waals surface area contributed by atoms with Crippen LogP contribution in [0.1, 0.15) is 33.6 Å². The van der Waals surface area contributed by atoms with Gasteiger partial charge in [-0.15, -0.1) is 0 Å². The third-order valence-corrected chi connectivity index (χ3v) is 11.0. The van der Waals surface area contributed by atoms with Crippen molar-refractivity contribution in [3.8, 4) is 0 Å². The Kier molecular flexibility index (Phi) is 8.64. The van der Waals surface area contributed by atoms with Crippen molar-refractivity contribution in [1.29, 1.82) is 0 Å². The number of aromatic nitrogens is 1. The van der Waals surface area contributed by atoms with E-state index in [9.17, 15) is 24.0 Å². The van der Waals surface area contributed by atoms with Crippen LogP contribution in [0.25, 0.3) is 0 Å². The number of benzene rings is 3. The van der Waals surface area contributed by atoms with E-state index in [1.165, 1.54) is 9.47 Å². The highest BCUT2D eigenvalue weighted by Crippen LogP contribution is 2.54. The second kappa shape index (κ2) is 12.5. The van der Waals surface area contributed by atoms with Crippen LogP contribution in [0.4, 0.5) is 11.4 Å². The zero-order chi connectivity index (χ0) is 31.1. The van der Waals surface area contributed by atoms with Crippen LogP contribution in [0.5, 0.6) is 0 Å². The highest BCUT2D eigenvalue weighted by molar-refractivity contribution is 9.10. The van der Waals surface area contributed by atoms with Gasteiger partial charge in [0.2, 0.25) is 17.7 Å². The monoisotopic (exact) mass is 755 g/mol. The first-order valence-electron chi connectivity index (χ1n) is 13.5. The number of imide groups is 1. The molecule has 3 amide bonds. The Balaban J connectivity index is 1.33. The minimum absolute atomic E-state index is 0.251. The van der Waals surface area contributed by atoms with Gasteiger partial charge < -0.3 is 10.1 Å². The molecule has 4 aromatic rings. The number of halogens is 2. The van der Waals surface area contributed by atoms with E-state index in [0.717, 1.165) is 37.6 Å². The molecule has 1 aromatic heterocycles. The lowest BCUT2D eigenvalue weighted by molar-refractivity contribution is -0.122. The summed E-state index contributed by atoms with van der Waals surface area (Å²) in [6.45, 7) is 1.68. The number of hydrogen-bond donors (Lipinski definition) is 1. The van der Waals surface area contributed by atoms with Crippen molar-refractivity contribution in [2.75, 3.05) is 16.8 Å². The number of hydrogen-bond acceptors (Lipinski definition) is 8. The van der Waals surface area contributed by atoms with Crippen LogP contribution in [-0.2, 0) is 25.7 Å². The van der Waals surface area contributed by atoms with Crippen molar-refractivity contribution in [1.82, 2.24) is 4.57 Å². The summed E-state index contributed by atoms with van der Waals surface area (Å²) in [4.78, 5) is 67.8. The molecule has 224 valence electrons. The van der Waals surface area contributed by atoms with Crippen molar-refractivity contribution >= 4 is 90.0 Å². The van der Waals surface area contributed by atoms with Crippen LogP contribution in [0.3, 0.4) is 0 Å². The average Bonchev–Trinajstić information content (AvgIpc) is 3.45. The Morgan fingerprint density at radius 2 is 1.52 bits per heavy atom. The number of amides is 3. The summed E-state index contributed by atoms with van der Waals surface area (Å²) in [6, 6.07) is 20.7. The molecule has 3 aromatic carbocycles. The van der Waals surface area contributed by atoms with Crippen molar-refractivity contribution in [3.05, 3.63) is 107 Å². The molecule has 3 atom stereocenters. The lowest BCUT2D eigenvalue weighted by Crippen LogP contribution is -2.33. The second-order valence-corrected chi connectivity index (χ2v) is 14.0. The molecule has 0 aliphatic carbocycles. The van der Waals surface area contributed by atoms with Gasteiger partial charge in [-0.1, -0.05) is 67.1 Å². The molecule has 0 unspecified atom stereocenters. The topological polar surface area (TPSA) is 115 Å². The number of thioether (sulfide) groups is 1. The molecule has 3 heterocycles.